The minimum absolute atomic E-state index is 0.0890. The van der Waals surface area contributed by atoms with Gasteiger partial charge < -0.3 is 5.11 Å². The van der Waals surface area contributed by atoms with E-state index in [9.17, 15) is 41.8 Å². The Bertz CT molecular complexity index is 1730. The minimum Gasteiger partial charge on any atom is -0.505 e. The first-order valence-electron chi connectivity index (χ1n) is 13.3. The van der Waals surface area contributed by atoms with E-state index in [0.717, 1.165) is 29.1 Å². The van der Waals surface area contributed by atoms with E-state index in [1.807, 2.05) is 0 Å². The second-order valence-electron chi connectivity index (χ2n) is 11.2. The molecule has 45 heavy (non-hydrogen) atoms. The van der Waals surface area contributed by atoms with Gasteiger partial charge in [-0.15, -0.1) is 23.2 Å². The van der Waals surface area contributed by atoms with Gasteiger partial charge >= 0.3 is 6.18 Å². The van der Waals surface area contributed by atoms with E-state index in [-0.39, 0.29) is 28.0 Å². The van der Waals surface area contributed by atoms with Crippen LogP contribution in [0.2, 0.25) is 5.02 Å². The van der Waals surface area contributed by atoms with Gasteiger partial charge in [-0.3, -0.25) is 29.1 Å². The summed E-state index contributed by atoms with van der Waals surface area (Å²) in [6.45, 7) is 0. The summed E-state index contributed by atoms with van der Waals surface area (Å²) in [4.78, 5) is 55.1. The Kier molecular flexibility index (Phi) is 7.50. The van der Waals surface area contributed by atoms with E-state index in [2.05, 4.69) is 20.9 Å². The Labute approximate surface area is 275 Å². The number of para-hydroxylation sites is 1. The molecule has 1 N–H and O–H groups in total. The van der Waals surface area contributed by atoms with E-state index in [1.54, 1.807) is 6.08 Å². The third kappa shape index (κ3) is 4.27. The largest absolute Gasteiger partial charge is 0.505 e. The molecule has 17 heteroatoms. The lowest BCUT2D eigenvalue weighted by molar-refractivity contribution is -0.142. The maximum atomic E-state index is 14.7. The number of allylic oxidation sites excluding steroid dienone is 2. The number of anilines is 1. The number of hydrogen-bond donors (Lipinski definition) is 1. The molecule has 6 rings (SSSR count). The van der Waals surface area contributed by atoms with E-state index in [1.165, 1.54) is 12.1 Å². The molecule has 2 saturated heterocycles. The molecule has 0 spiro atoms. The second-order valence-corrected chi connectivity index (χ2v) is 13.3. The smallest absolute Gasteiger partial charge is 0.433 e. The summed E-state index contributed by atoms with van der Waals surface area (Å²) in [6.07, 6.45) is -3.78. The molecular weight excluding hydrogens is 735 g/mol. The van der Waals surface area contributed by atoms with Gasteiger partial charge in [0, 0.05) is 18.5 Å². The Hall–Kier alpha value is -2.94. The maximum absolute atomic E-state index is 14.7. The van der Waals surface area contributed by atoms with Crippen LogP contribution in [0.25, 0.3) is 0 Å². The molecule has 3 fully saturated rings. The van der Waals surface area contributed by atoms with E-state index in [0.29, 0.717) is 11.1 Å². The van der Waals surface area contributed by atoms with Gasteiger partial charge in [-0.2, -0.15) is 18.2 Å². The van der Waals surface area contributed by atoms with Crippen molar-refractivity contribution >= 4 is 80.2 Å². The van der Waals surface area contributed by atoms with Gasteiger partial charge in [0.05, 0.1) is 22.3 Å². The number of nitrogens with zero attached hydrogens (tertiary/aromatic N) is 4. The molecule has 6 atom stereocenters. The predicted octanol–water partition coefficient (Wildman–Crippen LogP) is 5.36. The monoisotopic (exact) mass is 752 g/mol. The Morgan fingerprint density at radius 1 is 1.09 bits per heavy atom. The molecule has 238 valence electrons. The number of aromatic hydroxyl groups is 1. The second kappa shape index (κ2) is 10.5. The number of rotatable bonds is 4. The quantitative estimate of drug-likeness (QED) is 0.147. The van der Waals surface area contributed by atoms with Crippen LogP contribution in [0.1, 0.15) is 30.0 Å². The molecule has 4 aliphatic rings. The van der Waals surface area contributed by atoms with Gasteiger partial charge in [0.1, 0.15) is 5.69 Å². The Morgan fingerprint density at radius 3 is 2.42 bits per heavy atom. The van der Waals surface area contributed by atoms with Crippen LogP contribution in [0.5, 0.6) is 5.75 Å². The van der Waals surface area contributed by atoms with Crippen molar-refractivity contribution in [2.75, 3.05) is 17.5 Å². The number of hydrogen-bond acceptors (Lipinski definition) is 7. The van der Waals surface area contributed by atoms with Crippen molar-refractivity contribution in [2.45, 2.75) is 34.7 Å². The number of carbonyl (C=O) groups is 4. The lowest BCUT2D eigenvalue weighted by atomic mass is 9.56. The topological polar surface area (TPSA) is 111 Å². The maximum Gasteiger partial charge on any atom is 0.433 e. The SMILES string of the molecule is CN(c1nc(C(F)(F)F)ccc1Cl)N1C(=O)[C@H]2[C@H](CC=C3[C@H]2C[C@@]2(Cl)C(=O)N(CBr)C(=O)[C@@]2(Cl)[C@H]3c2cccc(F)c2O)C1=O. The normalized spacial score (nSPS) is 31.2. The zero-order valence-electron chi connectivity index (χ0n) is 22.8. The van der Waals surface area contributed by atoms with Crippen molar-refractivity contribution in [3.8, 4) is 5.75 Å². The Morgan fingerprint density at radius 2 is 1.78 bits per heavy atom. The number of amides is 4. The van der Waals surface area contributed by atoms with Gasteiger partial charge in [-0.05, 0) is 37.0 Å². The number of halogens is 8. The number of pyridine rings is 1. The van der Waals surface area contributed by atoms with Crippen LogP contribution in [0.4, 0.5) is 23.4 Å². The molecule has 1 aromatic heterocycles. The number of carbonyl (C=O) groups excluding carboxylic acids is 4. The lowest BCUT2D eigenvalue weighted by Crippen LogP contribution is -2.60. The summed E-state index contributed by atoms with van der Waals surface area (Å²) >= 11 is 23.4. The molecule has 3 heterocycles. The zero-order valence-corrected chi connectivity index (χ0v) is 26.6. The number of aromatic nitrogens is 1. The summed E-state index contributed by atoms with van der Waals surface area (Å²) in [6, 6.07) is 5.16. The highest BCUT2D eigenvalue weighted by atomic mass is 79.9. The number of phenolic OH excluding ortho intramolecular Hbond substituents is 1. The van der Waals surface area contributed by atoms with Crippen molar-refractivity contribution in [1.82, 2.24) is 14.9 Å². The van der Waals surface area contributed by atoms with E-state index in [4.69, 9.17) is 34.8 Å². The molecule has 2 aromatic rings. The van der Waals surface area contributed by atoms with Crippen LogP contribution >= 0.6 is 50.7 Å². The fourth-order valence-corrected chi connectivity index (χ4v) is 8.70. The van der Waals surface area contributed by atoms with Crippen LogP contribution in [-0.2, 0) is 25.4 Å². The first-order chi connectivity index (χ1) is 21.0. The average Bonchev–Trinajstić information content (AvgIpc) is 3.31. The zero-order chi connectivity index (χ0) is 33.0. The number of imide groups is 2. The van der Waals surface area contributed by atoms with Crippen LogP contribution in [0.15, 0.2) is 42.0 Å². The standard InChI is InChI=1S/C28H20BrCl3F4N4O5/c1-38(21-15(30)7-8-17(37-21)28(34,35)36)40-22(42)12-6-5-11-14(18(12)23(40)43)9-26(31)24(44)39(10-29)25(45)27(26,32)19(11)13-3-2-4-16(33)20(13)41/h2-5,7-8,12,14,18-19,41H,6,9-10H2,1H3/t12-,14+,18-,19+,26+,27-/m0/s1. The molecule has 0 bridgehead atoms. The van der Waals surface area contributed by atoms with Crippen LogP contribution < -0.4 is 5.01 Å². The van der Waals surface area contributed by atoms with E-state index >= 15 is 0 Å². The van der Waals surface area contributed by atoms with Crippen molar-refractivity contribution in [2.24, 2.45) is 17.8 Å². The summed E-state index contributed by atoms with van der Waals surface area (Å²) in [5.41, 5.74) is -1.47. The molecule has 0 radical (unpaired) electrons. The highest BCUT2D eigenvalue weighted by Crippen LogP contribution is 2.66. The summed E-state index contributed by atoms with van der Waals surface area (Å²) in [5, 5.41) is 12.0. The average molecular weight is 755 g/mol. The number of phenols is 1. The van der Waals surface area contributed by atoms with Gasteiger partial charge in [0.25, 0.3) is 23.6 Å². The molecule has 1 aromatic carbocycles. The third-order valence-corrected chi connectivity index (χ3v) is 11.3. The minimum atomic E-state index is -4.84. The van der Waals surface area contributed by atoms with Crippen molar-refractivity contribution in [3.05, 3.63) is 64.1 Å². The third-order valence-electron chi connectivity index (χ3n) is 9.05. The van der Waals surface area contributed by atoms with Gasteiger partial charge in [0.2, 0.25) is 0 Å². The lowest BCUT2D eigenvalue weighted by Gasteiger charge is -2.50. The van der Waals surface area contributed by atoms with Crippen molar-refractivity contribution < 1.29 is 41.8 Å². The summed E-state index contributed by atoms with van der Waals surface area (Å²) < 4.78 is 55.0. The molecule has 2 aliphatic carbocycles. The number of likely N-dealkylation sites (tertiary alicyclic amines) is 1. The van der Waals surface area contributed by atoms with Crippen LogP contribution in [-0.4, -0.2) is 65.9 Å². The predicted molar refractivity (Wildman–Crippen MR) is 156 cm³/mol. The molecule has 9 nitrogen and oxygen atoms in total. The highest BCUT2D eigenvalue weighted by Gasteiger charge is 2.76. The number of hydrazine groups is 1. The molecular formula is C28H20BrCl3F4N4O5. The van der Waals surface area contributed by atoms with Gasteiger partial charge in [-0.25, -0.2) is 9.37 Å². The van der Waals surface area contributed by atoms with Crippen molar-refractivity contribution in [3.63, 3.8) is 0 Å². The number of fused-ring (bicyclic) bond motifs is 4. The molecule has 2 aliphatic heterocycles. The molecule has 0 unspecified atom stereocenters. The molecule has 4 amide bonds. The number of alkyl halides is 6. The Balaban J connectivity index is 1.48. The van der Waals surface area contributed by atoms with Crippen LogP contribution in [0.3, 0.4) is 0 Å². The fraction of sp³-hybridized carbons (Fsp3) is 0.393. The molecule has 1 saturated carbocycles. The van der Waals surface area contributed by atoms with Gasteiger partial charge in [-0.1, -0.05) is 51.3 Å². The van der Waals surface area contributed by atoms with E-state index < -0.39 is 92.7 Å². The summed E-state index contributed by atoms with van der Waals surface area (Å²) in [7, 11) is 1.16. The fourth-order valence-electron chi connectivity index (χ4n) is 7.05. The van der Waals surface area contributed by atoms with Crippen molar-refractivity contribution in [1.29, 1.82) is 0 Å². The number of benzene rings is 1. The highest BCUT2D eigenvalue weighted by molar-refractivity contribution is 9.09. The van der Waals surface area contributed by atoms with Gasteiger partial charge in [0.15, 0.2) is 27.1 Å². The first kappa shape index (κ1) is 32.0. The summed E-state index contributed by atoms with van der Waals surface area (Å²) in [5.74, 6) is -10.5. The van der Waals surface area contributed by atoms with Crippen LogP contribution in [0, 0.1) is 23.6 Å². The first-order valence-corrected chi connectivity index (χ1v) is 15.6.